The fourth-order valence-corrected chi connectivity index (χ4v) is 1.58. The quantitative estimate of drug-likeness (QED) is 0.749. The van der Waals surface area contributed by atoms with Crippen LogP contribution >= 0.6 is 0 Å². The van der Waals surface area contributed by atoms with Gasteiger partial charge in [-0.25, -0.2) is 4.79 Å². The molecule has 0 aromatic heterocycles. The molecular formula is C15H22N2O3. The normalized spacial score (nSPS) is 10.4. The second-order valence-electron chi connectivity index (χ2n) is 4.87. The van der Waals surface area contributed by atoms with Gasteiger partial charge in [0, 0.05) is 5.69 Å². The zero-order chi connectivity index (χ0) is 15.0. The van der Waals surface area contributed by atoms with E-state index in [2.05, 4.69) is 24.5 Å². The van der Waals surface area contributed by atoms with Crippen molar-refractivity contribution in [2.75, 3.05) is 25.0 Å². The van der Waals surface area contributed by atoms with Crippen LogP contribution in [0.3, 0.4) is 0 Å². The van der Waals surface area contributed by atoms with Gasteiger partial charge in [0.05, 0.1) is 18.7 Å². The van der Waals surface area contributed by atoms with Gasteiger partial charge in [-0.3, -0.25) is 4.79 Å². The number of esters is 1. The highest BCUT2D eigenvalue weighted by molar-refractivity contribution is 5.93. The van der Waals surface area contributed by atoms with Crippen LogP contribution in [0.1, 0.15) is 31.1 Å². The fraction of sp³-hybridized carbons (Fsp3) is 0.467. The van der Waals surface area contributed by atoms with E-state index in [0.29, 0.717) is 23.8 Å². The highest BCUT2D eigenvalue weighted by atomic mass is 16.5. The zero-order valence-electron chi connectivity index (χ0n) is 12.2. The molecule has 0 spiro atoms. The van der Waals surface area contributed by atoms with Gasteiger partial charge in [0.25, 0.3) is 0 Å². The Bertz CT molecular complexity index is 441. The molecular weight excluding hydrogens is 256 g/mol. The van der Waals surface area contributed by atoms with Gasteiger partial charge in [0.2, 0.25) is 5.91 Å². The van der Waals surface area contributed by atoms with Crippen molar-refractivity contribution in [3.63, 3.8) is 0 Å². The SMILES string of the molecule is CCOC(=O)c1ccc(NC(=O)CNCC(C)C)cc1. The second-order valence-corrected chi connectivity index (χ2v) is 4.87. The average molecular weight is 278 g/mol. The molecule has 0 saturated heterocycles. The topological polar surface area (TPSA) is 67.4 Å². The maximum atomic E-state index is 11.7. The number of amides is 1. The summed E-state index contributed by atoms with van der Waals surface area (Å²) in [5, 5.41) is 5.83. The van der Waals surface area contributed by atoms with Crippen LogP contribution < -0.4 is 10.6 Å². The van der Waals surface area contributed by atoms with Gasteiger partial charge in [-0.2, -0.15) is 0 Å². The standard InChI is InChI=1S/C15H22N2O3/c1-4-20-15(19)12-5-7-13(8-6-12)17-14(18)10-16-9-11(2)3/h5-8,11,16H,4,9-10H2,1-3H3,(H,17,18). The van der Waals surface area contributed by atoms with E-state index in [1.165, 1.54) is 0 Å². The molecule has 0 bridgehead atoms. The van der Waals surface area contributed by atoms with E-state index in [4.69, 9.17) is 4.74 Å². The molecule has 0 radical (unpaired) electrons. The molecule has 5 nitrogen and oxygen atoms in total. The molecule has 1 aromatic carbocycles. The Kier molecular flexibility index (Phi) is 6.73. The summed E-state index contributed by atoms with van der Waals surface area (Å²) >= 11 is 0. The summed E-state index contributed by atoms with van der Waals surface area (Å²) in [6.45, 7) is 7.35. The summed E-state index contributed by atoms with van der Waals surface area (Å²) in [6, 6.07) is 6.64. The summed E-state index contributed by atoms with van der Waals surface area (Å²) in [5.41, 5.74) is 1.14. The molecule has 0 saturated carbocycles. The first kappa shape index (κ1) is 16.2. The summed E-state index contributed by atoms with van der Waals surface area (Å²) in [6.07, 6.45) is 0. The van der Waals surface area contributed by atoms with Crippen molar-refractivity contribution in [2.45, 2.75) is 20.8 Å². The number of benzene rings is 1. The van der Waals surface area contributed by atoms with Crippen LogP contribution in [-0.2, 0) is 9.53 Å². The molecule has 0 heterocycles. The van der Waals surface area contributed by atoms with Gasteiger partial charge < -0.3 is 15.4 Å². The molecule has 110 valence electrons. The molecule has 0 aliphatic rings. The molecule has 0 aliphatic carbocycles. The summed E-state index contributed by atoms with van der Waals surface area (Å²) in [5.74, 6) is 0.0465. The second kappa shape index (κ2) is 8.32. The lowest BCUT2D eigenvalue weighted by Crippen LogP contribution is -2.30. The Hall–Kier alpha value is -1.88. The smallest absolute Gasteiger partial charge is 0.338 e. The first-order chi connectivity index (χ1) is 9.52. The van der Waals surface area contributed by atoms with Crippen molar-refractivity contribution < 1.29 is 14.3 Å². The Morgan fingerprint density at radius 2 is 1.85 bits per heavy atom. The minimum Gasteiger partial charge on any atom is -0.462 e. The Morgan fingerprint density at radius 1 is 1.20 bits per heavy atom. The van der Waals surface area contributed by atoms with Gasteiger partial charge in [-0.05, 0) is 43.7 Å². The molecule has 0 aliphatic heterocycles. The molecule has 1 rings (SSSR count). The van der Waals surface area contributed by atoms with Crippen molar-refractivity contribution in [1.82, 2.24) is 5.32 Å². The van der Waals surface area contributed by atoms with Crippen LogP contribution in [0, 0.1) is 5.92 Å². The van der Waals surface area contributed by atoms with Crippen molar-refractivity contribution >= 4 is 17.6 Å². The largest absolute Gasteiger partial charge is 0.462 e. The third-order valence-corrected chi connectivity index (χ3v) is 2.52. The number of anilines is 1. The predicted molar refractivity (Wildman–Crippen MR) is 78.7 cm³/mol. The first-order valence-electron chi connectivity index (χ1n) is 6.80. The van der Waals surface area contributed by atoms with Gasteiger partial charge >= 0.3 is 5.97 Å². The van der Waals surface area contributed by atoms with E-state index in [9.17, 15) is 9.59 Å². The number of nitrogens with one attached hydrogen (secondary N) is 2. The number of ether oxygens (including phenoxy) is 1. The number of carbonyl (C=O) groups is 2. The van der Waals surface area contributed by atoms with E-state index in [1.807, 2.05) is 0 Å². The number of rotatable bonds is 7. The van der Waals surface area contributed by atoms with Gasteiger partial charge in [-0.1, -0.05) is 13.8 Å². The predicted octanol–water partition coefficient (Wildman–Crippen LogP) is 2.05. The third kappa shape index (κ3) is 5.84. The Morgan fingerprint density at radius 3 is 2.40 bits per heavy atom. The Balaban J connectivity index is 2.44. The summed E-state index contributed by atoms with van der Waals surface area (Å²) in [4.78, 5) is 23.1. The lowest BCUT2D eigenvalue weighted by atomic mass is 10.2. The van der Waals surface area contributed by atoms with Crippen LogP contribution in [0.15, 0.2) is 24.3 Å². The maximum absolute atomic E-state index is 11.7. The minimum atomic E-state index is -0.357. The van der Waals surface area contributed by atoms with E-state index in [-0.39, 0.29) is 18.4 Å². The van der Waals surface area contributed by atoms with Crippen molar-refractivity contribution in [3.8, 4) is 0 Å². The number of hydrogen-bond donors (Lipinski definition) is 2. The monoisotopic (exact) mass is 278 g/mol. The minimum absolute atomic E-state index is 0.102. The highest BCUT2D eigenvalue weighted by Gasteiger charge is 2.07. The summed E-state index contributed by atoms with van der Waals surface area (Å²) in [7, 11) is 0. The Labute approximate surface area is 119 Å². The number of hydrogen-bond acceptors (Lipinski definition) is 4. The van der Waals surface area contributed by atoms with Crippen LogP contribution in [0.25, 0.3) is 0 Å². The van der Waals surface area contributed by atoms with Crippen LogP contribution in [0.2, 0.25) is 0 Å². The van der Waals surface area contributed by atoms with Gasteiger partial charge in [0.1, 0.15) is 0 Å². The van der Waals surface area contributed by atoms with Crippen molar-refractivity contribution in [1.29, 1.82) is 0 Å². The molecule has 1 amide bonds. The van der Waals surface area contributed by atoms with Gasteiger partial charge in [0.15, 0.2) is 0 Å². The van der Waals surface area contributed by atoms with Crippen molar-refractivity contribution in [3.05, 3.63) is 29.8 Å². The lowest BCUT2D eigenvalue weighted by molar-refractivity contribution is -0.115. The summed E-state index contributed by atoms with van der Waals surface area (Å²) < 4.78 is 4.89. The van der Waals surface area contributed by atoms with Crippen LogP contribution in [0.4, 0.5) is 5.69 Å². The molecule has 0 unspecified atom stereocenters. The molecule has 2 N–H and O–H groups in total. The highest BCUT2D eigenvalue weighted by Crippen LogP contribution is 2.10. The molecule has 1 aromatic rings. The van der Waals surface area contributed by atoms with E-state index < -0.39 is 0 Å². The first-order valence-corrected chi connectivity index (χ1v) is 6.80. The average Bonchev–Trinajstić information content (AvgIpc) is 2.39. The lowest BCUT2D eigenvalue weighted by Gasteiger charge is -2.09. The van der Waals surface area contributed by atoms with Crippen molar-refractivity contribution in [2.24, 2.45) is 5.92 Å². The zero-order valence-corrected chi connectivity index (χ0v) is 12.2. The molecule has 20 heavy (non-hydrogen) atoms. The van der Waals surface area contributed by atoms with E-state index in [1.54, 1.807) is 31.2 Å². The third-order valence-electron chi connectivity index (χ3n) is 2.52. The molecule has 0 atom stereocenters. The van der Waals surface area contributed by atoms with E-state index in [0.717, 1.165) is 6.54 Å². The van der Waals surface area contributed by atoms with Gasteiger partial charge in [-0.15, -0.1) is 0 Å². The molecule has 5 heteroatoms. The maximum Gasteiger partial charge on any atom is 0.338 e. The number of carbonyl (C=O) groups excluding carboxylic acids is 2. The van der Waals surface area contributed by atoms with E-state index >= 15 is 0 Å². The van der Waals surface area contributed by atoms with Crippen LogP contribution in [-0.4, -0.2) is 31.6 Å². The fourth-order valence-electron chi connectivity index (χ4n) is 1.58. The molecule has 0 fully saturated rings. The van der Waals surface area contributed by atoms with Crippen LogP contribution in [0.5, 0.6) is 0 Å².